The Bertz CT molecular complexity index is 266. The average Bonchev–Trinajstić information content (AvgIpc) is 2.74. The molecule has 0 aromatic carbocycles. The minimum absolute atomic E-state index is 0.178. The number of hydrogen-bond acceptors (Lipinski definition) is 2. The topological polar surface area (TPSA) is 29.5 Å². The summed E-state index contributed by atoms with van der Waals surface area (Å²) in [6, 6.07) is 0.449. The largest absolute Gasteiger partial charge is 0.368 e. The lowest BCUT2D eigenvalue weighted by molar-refractivity contribution is -0.139. The highest BCUT2D eigenvalue weighted by atomic mass is 16.5. The van der Waals surface area contributed by atoms with Crippen molar-refractivity contribution >= 4 is 5.91 Å². The van der Waals surface area contributed by atoms with Gasteiger partial charge in [-0.05, 0) is 25.7 Å². The van der Waals surface area contributed by atoms with Crippen molar-refractivity contribution in [1.29, 1.82) is 0 Å². The SMILES string of the molecule is CN(C(=O)COC1CCCCC1)C1CCCCCC1. The van der Waals surface area contributed by atoms with Gasteiger partial charge in [0.25, 0.3) is 0 Å². The molecule has 0 spiro atoms. The maximum atomic E-state index is 12.2. The molecule has 3 nitrogen and oxygen atoms in total. The highest BCUT2D eigenvalue weighted by Crippen LogP contribution is 2.22. The molecule has 2 aliphatic rings. The fraction of sp³-hybridized carbons (Fsp3) is 0.938. The molecule has 0 bridgehead atoms. The van der Waals surface area contributed by atoms with Crippen molar-refractivity contribution in [2.24, 2.45) is 0 Å². The Balaban J connectivity index is 1.71. The van der Waals surface area contributed by atoms with Gasteiger partial charge in [-0.25, -0.2) is 0 Å². The van der Waals surface area contributed by atoms with Crippen molar-refractivity contribution in [1.82, 2.24) is 4.90 Å². The predicted octanol–water partition coefficient (Wildman–Crippen LogP) is 3.52. The van der Waals surface area contributed by atoms with E-state index in [1.165, 1.54) is 57.8 Å². The Morgan fingerprint density at radius 3 is 2.11 bits per heavy atom. The van der Waals surface area contributed by atoms with Gasteiger partial charge < -0.3 is 9.64 Å². The predicted molar refractivity (Wildman–Crippen MR) is 77.1 cm³/mol. The molecule has 0 atom stereocenters. The Morgan fingerprint density at radius 2 is 1.47 bits per heavy atom. The van der Waals surface area contributed by atoms with E-state index in [-0.39, 0.29) is 12.5 Å². The zero-order valence-corrected chi connectivity index (χ0v) is 12.4. The van der Waals surface area contributed by atoms with Gasteiger partial charge in [-0.1, -0.05) is 44.9 Å². The molecule has 0 radical (unpaired) electrons. The van der Waals surface area contributed by atoms with Gasteiger partial charge in [0.2, 0.25) is 5.91 Å². The molecule has 0 heterocycles. The van der Waals surface area contributed by atoms with Crippen LogP contribution in [0.25, 0.3) is 0 Å². The van der Waals surface area contributed by atoms with E-state index in [4.69, 9.17) is 4.74 Å². The number of carbonyl (C=O) groups excluding carboxylic acids is 1. The van der Waals surface area contributed by atoms with Crippen LogP contribution in [0.5, 0.6) is 0 Å². The van der Waals surface area contributed by atoms with E-state index in [9.17, 15) is 4.79 Å². The summed E-state index contributed by atoms with van der Waals surface area (Å²) in [4.78, 5) is 14.2. The molecule has 2 aliphatic carbocycles. The maximum Gasteiger partial charge on any atom is 0.248 e. The number of hydrogen-bond donors (Lipinski definition) is 0. The third-order valence-corrected chi connectivity index (χ3v) is 4.76. The molecule has 1 amide bonds. The lowest BCUT2D eigenvalue weighted by Gasteiger charge is -2.28. The second-order valence-electron chi connectivity index (χ2n) is 6.22. The third-order valence-electron chi connectivity index (χ3n) is 4.76. The van der Waals surface area contributed by atoms with Crippen LogP contribution >= 0.6 is 0 Å². The van der Waals surface area contributed by atoms with Crippen LogP contribution in [-0.2, 0) is 9.53 Å². The van der Waals surface area contributed by atoms with Gasteiger partial charge >= 0.3 is 0 Å². The fourth-order valence-corrected chi connectivity index (χ4v) is 3.37. The summed E-state index contributed by atoms with van der Waals surface area (Å²) in [5.74, 6) is 0.178. The number of rotatable bonds is 4. The van der Waals surface area contributed by atoms with Crippen LogP contribution in [0.1, 0.15) is 70.6 Å². The lowest BCUT2D eigenvalue weighted by atomic mass is 9.98. The number of nitrogens with zero attached hydrogens (tertiary/aromatic N) is 1. The van der Waals surface area contributed by atoms with Gasteiger partial charge in [-0.2, -0.15) is 0 Å². The second-order valence-corrected chi connectivity index (χ2v) is 6.22. The Morgan fingerprint density at radius 1 is 0.947 bits per heavy atom. The summed E-state index contributed by atoms with van der Waals surface area (Å²) < 4.78 is 5.80. The monoisotopic (exact) mass is 267 g/mol. The van der Waals surface area contributed by atoms with E-state index in [0.717, 1.165) is 12.8 Å². The molecule has 3 heteroatoms. The number of amides is 1. The van der Waals surface area contributed by atoms with Crippen molar-refractivity contribution < 1.29 is 9.53 Å². The van der Waals surface area contributed by atoms with E-state index < -0.39 is 0 Å². The number of likely N-dealkylation sites (N-methyl/N-ethyl adjacent to an activating group) is 1. The second kappa shape index (κ2) is 7.88. The lowest BCUT2D eigenvalue weighted by Crippen LogP contribution is -2.39. The van der Waals surface area contributed by atoms with Crippen LogP contribution in [0.3, 0.4) is 0 Å². The first-order valence-corrected chi connectivity index (χ1v) is 8.14. The summed E-state index contributed by atoms with van der Waals surface area (Å²) in [5, 5.41) is 0. The van der Waals surface area contributed by atoms with Crippen LogP contribution < -0.4 is 0 Å². The highest BCUT2D eigenvalue weighted by molar-refractivity contribution is 5.77. The zero-order chi connectivity index (χ0) is 13.5. The van der Waals surface area contributed by atoms with E-state index in [0.29, 0.717) is 12.1 Å². The number of ether oxygens (including phenoxy) is 1. The van der Waals surface area contributed by atoms with Crippen LogP contribution in [-0.4, -0.2) is 36.6 Å². The summed E-state index contributed by atoms with van der Waals surface area (Å²) in [6.45, 7) is 0.289. The first kappa shape index (κ1) is 14.8. The minimum Gasteiger partial charge on any atom is -0.368 e. The van der Waals surface area contributed by atoms with Crippen molar-refractivity contribution in [3.63, 3.8) is 0 Å². The zero-order valence-electron chi connectivity index (χ0n) is 12.4. The van der Waals surface area contributed by atoms with Gasteiger partial charge in [0, 0.05) is 13.1 Å². The molecular weight excluding hydrogens is 238 g/mol. The third kappa shape index (κ3) is 4.79. The smallest absolute Gasteiger partial charge is 0.248 e. The Hall–Kier alpha value is -0.570. The molecule has 110 valence electrons. The molecule has 0 saturated heterocycles. The summed E-state index contributed by atoms with van der Waals surface area (Å²) >= 11 is 0. The van der Waals surface area contributed by atoms with E-state index in [2.05, 4.69) is 0 Å². The summed E-state index contributed by atoms with van der Waals surface area (Å²) in [7, 11) is 1.96. The quantitative estimate of drug-likeness (QED) is 0.729. The molecule has 2 rings (SSSR count). The average molecular weight is 267 g/mol. The Kier molecular flexibility index (Phi) is 6.15. The van der Waals surface area contributed by atoms with Crippen LogP contribution in [0.15, 0.2) is 0 Å². The molecular formula is C16H29NO2. The van der Waals surface area contributed by atoms with E-state index in [1.54, 1.807) is 0 Å². The van der Waals surface area contributed by atoms with E-state index in [1.807, 2.05) is 11.9 Å². The molecule has 0 unspecified atom stereocenters. The molecule has 0 aromatic rings. The van der Waals surface area contributed by atoms with Gasteiger partial charge in [0.15, 0.2) is 0 Å². The standard InChI is InChI=1S/C16H29NO2/c1-17(14-9-5-2-3-6-10-14)16(18)13-19-15-11-7-4-8-12-15/h14-15H,2-13H2,1H3. The van der Waals surface area contributed by atoms with Crippen LogP contribution in [0.4, 0.5) is 0 Å². The minimum atomic E-state index is 0.178. The van der Waals surface area contributed by atoms with Gasteiger partial charge in [0.1, 0.15) is 6.61 Å². The summed E-state index contributed by atoms with van der Waals surface area (Å²) in [5.41, 5.74) is 0. The first-order chi connectivity index (χ1) is 9.27. The molecule has 0 aromatic heterocycles. The fourth-order valence-electron chi connectivity index (χ4n) is 3.37. The van der Waals surface area contributed by atoms with Crippen molar-refractivity contribution in [2.75, 3.05) is 13.7 Å². The molecule has 0 aliphatic heterocycles. The molecule has 2 saturated carbocycles. The maximum absolute atomic E-state index is 12.2. The van der Waals surface area contributed by atoms with E-state index >= 15 is 0 Å². The highest BCUT2D eigenvalue weighted by Gasteiger charge is 2.22. The molecule has 0 N–H and O–H groups in total. The van der Waals surface area contributed by atoms with Crippen molar-refractivity contribution in [3.05, 3.63) is 0 Å². The molecule has 19 heavy (non-hydrogen) atoms. The van der Waals surface area contributed by atoms with Gasteiger partial charge in [-0.3, -0.25) is 4.79 Å². The van der Waals surface area contributed by atoms with Crippen molar-refractivity contribution in [2.45, 2.75) is 82.8 Å². The first-order valence-electron chi connectivity index (χ1n) is 8.14. The summed E-state index contributed by atoms with van der Waals surface area (Å²) in [6.07, 6.45) is 14.0. The van der Waals surface area contributed by atoms with Gasteiger partial charge in [0.05, 0.1) is 6.10 Å². The van der Waals surface area contributed by atoms with Crippen LogP contribution in [0, 0.1) is 0 Å². The molecule has 2 fully saturated rings. The van der Waals surface area contributed by atoms with Crippen molar-refractivity contribution in [3.8, 4) is 0 Å². The van der Waals surface area contributed by atoms with Gasteiger partial charge in [-0.15, -0.1) is 0 Å². The Labute approximate surface area is 117 Å². The van der Waals surface area contributed by atoms with Crippen LogP contribution in [0.2, 0.25) is 0 Å². The number of carbonyl (C=O) groups is 1. The normalized spacial score (nSPS) is 23.0.